The van der Waals surface area contributed by atoms with Crippen LogP contribution in [0.25, 0.3) is 0 Å². The maximum atomic E-state index is 12.7. The summed E-state index contributed by atoms with van der Waals surface area (Å²) in [6, 6.07) is 6.73. The van der Waals surface area contributed by atoms with Gasteiger partial charge in [0.1, 0.15) is 5.75 Å². The van der Waals surface area contributed by atoms with Crippen LogP contribution in [0.2, 0.25) is 0 Å². The predicted molar refractivity (Wildman–Crippen MR) is 100 cm³/mol. The summed E-state index contributed by atoms with van der Waals surface area (Å²) in [5.74, 6) is -0.826. The third kappa shape index (κ3) is 5.98. The summed E-state index contributed by atoms with van der Waals surface area (Å²) in [5.41, 5.74) is 0.0340. The van der Waals surface area contributed by atoms with E-state index in [0.29, 0.717) is 25.2 Å². The first kappa shape index (κ1) is 20.7. The normalized spacial score (nSPS) is 16.4. The number of hydrogen-bond acceptors (Lipinski definition) is 4. The zero-order valence-corrected chi connectivity index (χ0v) is 15.9. The van der Waals surface area contributed by atoms with Crippen LogP contribution in [0.1, 0.15) is 64.0 Å². The van der Waals surface area contributed by atoms with Crippen LogP contribution in [0.4, 0.5) is 0 Å². The van der Waals surface area contributed by atoms with Crippen molar-refractivity contribution in [3.63, 3.8) is 0 Å². The number of ether oxygens (including phenoxy) is 1. The number of aliphatic carboxylic acids is 1. The number of nitrogens with one attached hydrogen (secondary N) is 2. The second-order valence-electron chi connectivity index (χ2n) is 7.03. The lowest BCUT2D eigenvalue weighted by Crippen LogP contribution is -2.48. The van der Waals surface area contributed by atoms with Crippen LogP contribution in [0, 0.1) is 0 Å². The van der Waals surface area contributed by atoms with E-state index in [1.807, 2.05) is 25.1 Å². The number of hydrogen-bond donors (Lipinski definition) is 3. The molecule has 7 nitrogen and oxygen atoms in total. The average Bonchev–Trinajstić information content (AvgIpc) is 3.01. The Labute approximate surface area is 159 Å². The van der Waals surface area contributed by atoms with Crippen LogP contribution in [0.15, 0.2) is 24.3 Å². The van der Waals surface area contributed by atoms with E-state index in [0.717, 1.165) is 18.4 Å². The Morgan fingerprint density at radius 2 is 1.89 bits per heavy atom. The van der Waals surface area contributed by atoms with Gasteiger partial charge in [0.2, 0.25) is 11.8 Å². The van der Waals surface area contributed by atoms with E-state index in [2.05, 4.69) is 10.6 Å². The molecule has 0 aromatic heterocycles. The maximum Gasteiger partial charge on any atom is 0.305 e. The Kier molecular flexibility index (Phi) is 7.21. The van der Waals surface area contributed by atoms with Gasteiger partial charge in [-0.05, 0) is 25.8 Å². The second-order valence-corrected chi connectivity index (χ2v) is 7.03. The molecule has 0 radical (unpaired) electrons. The van der Waals surface area contributed by atoms with E-state index in [9.17, 15) is 19.5 Å². The minimum atomic E-state index is -0.919. The summed E-state index contributed by atoms with van der Waals surface area (Å²) >= 11 is 0. The highest BCUT2D eigenvalue weighted by Crippen LogP contribution is 2.33. The first-order valence-corrected chi connectivity index (χ1v) is 9.37. The van der Waals surface area contributed by atoms with Crippen molar-refractivity contribution in [2.24, 2.45) is 0 Å². The van der Waals surface area contributed by atoms with Crippen LogP contribution in [-0.2, 0) is 14.4 Å². The SMILES string of the molecule is CCOc1ccccc1C(CC(=O)NC1(CC(=O)O)CCCC1)NC(C)=O. The van der Waals surface area contributed by atoms with E-state index in [4.69, 9.17) is 4.74 Å². The molecule has 2 rings (SSSR count). The molecule has 0 saturated heterocycles. The summed E-state index contributed by atoms with van der Waals surface area (Å²) in [4.78, 5) is 35.6. The fourth-order valence-electron chi connectivity index (χ4n) is 3.76. The standard InChI is InChI=1S/C20H28N2O5/c1-3-27-17-9-5-4-8-15(17)16(21-14(2)23)12-18(24)22-20(13-19(25)26)10-6-7-11-20/h4-5,8-9,16H,3,6-7,10-13H2,1-2H3,(H,21,23)(H,22,24)(H,25,26). The van der Waals surface area contributed by atoms with Gasteiger partial charge in [-0.2, -0.15) is 0 Å². The highest BCUT2D eigenvalue weighted by Gasteiger charge is 2.38. The number of rotatable bonds is 9. The van der Waals surface area contributed by atoms with Gasteiger partial charge in [0.15, 0.2) is 0 Å². The predicted octanol–water partition coefficient (Wildman–Crippen LogP) is 2.56. The quantitative estimate of drug-likeness (QED) is 0.614. The molecule has 1 aromatic carbocycles. The molecule has 1 aliphatic rings. The van der Waals surface area contributed by atoms with Crippen LogP contribution in [0.5, 0.6) is 5.75 Å². The summed E-state index contributed by atoms with van der Waals surface area (Å²) < 4.78 is 5.63. The highest BCUT2D eigenvalue weighted by molar-refractivity contribution is 5.81. The lowest BCUT2D eigenvalue weighted by Gasteiger charge is -2.30. The average molecular weight is 376 g/mol. The van der Waals surface area contributed by atoms with Gasteiger partial charge in [0.05, 0.1) is 31.0 Å². The van der Waals surface area contributed by atoms with Gasteiger partial charge >= 0.3 is 5.97 Å². The van der Waals surface area contributed by atoms with Crippen molar-refractivity contribution in [1.82, 2.24) is 10.6 Å². The van der Waals surface area contributed by atoms with Gasteiger partial charge in [-0.25, -0.2) is 0 Å². The molecule has 1 unspecified atom stereocenters. The number of carboxylic acid groups (broad SMARTS) is 1. The van der Waals surface area contributed by atoms with E-state index < -0.39 is 17.6 Å². The largest absolute Gasteiger partial charge is 0.494 e. The van der Waals surface area contributed by atoms with Gasteiger partial charge in [-0.15, -0.1) is 0 Å². The van der Waals surface area contributed by atoms with Crippen molar-refractivity contribution in [2.75, 3.05) is 6.61 Å². The molecule has 1 atom stereocenters. The van der Waals surface area contributed by atoms with Crippen molar-refractivity contribution >= 4 is 17.8 Å². The third-order valence-corrected chi connectivity index (χ3v) is 4.82. The van der Waals surface area contributed by atoms with Gasteiger partial charge in [0.25, 0.3) is 0 Å². The molecule has 7 heteroatoms. The highest BCUT2D eigenvalue weighted by atomic mass is 16.5. The minimum Gasteiger partial charge on any atom is -0.494 e. The molecule has 2 amide bonds. The number of amides is 2. The molecule has 0 spiro atoms. The van der Waals surface area contributed by atoms with E-state index in [1.165, 1.54) is 6.92 Å². The van der Waals surface area contributed by atoms with Gasteiger partial charge in [-0.3, -0.25) is 14.4 Å². The van der Waals surface area contributed by atoms with E-state index >= 15 is 0 Å². The number of benzene rings is 1. The van der Waals surface area contributed by atoms with Gasteiger partial charge in [-0.1, -0.05) is 31.0 Å². The summed E-state index contributed by atoms with van der Waals surface area (Å²) in [5, 5.41) is 14.9. The summed E-state index contributed by atoms with van der Waals surface area (Å²) in [6.07, 6.45) is 3.05. The summed E-state index contributed by atoms with van der Waals surface area (Å²) in [7, 11) is 0. The zero-order valence-electron chi connectivity index (χ0n) is 15.9. The smallest absolute Gasteiger partial charge is 0.305 e. The first-order valence-electron chi connectivity index (χ1n) is 9.37. The van der Waals surface area contributed by atoms with E-state index in [-0.39, 0.29) is 24.7 Å². The Morgan fingerprint density at radius 3 is 2.48 bits per heavy atom. The molecular weight excluding hydrogens is 348 g/mol. The van der Waals surface area contributed by atoms with Crippen LogP contribution in [-0.4, -0.2) is 35.0 Å². The lowest BCUT2D eigenvalue weighted by molar-refractivity contribution is -0.139. The molecule has 1 fully saturated rings. The monoisotopic (exact) mass is 376 g/mol. The van der Waals surface area contributed by atoms with Gasteiger partial charge in [0, 0.05) is 12.5 Å². The van der Waals surface area contributed by atoms with E-state index in [1.54, 1.807) is 6.07 Å². The maximum absolute atomic E-state index is 12.7. The number of carboxylic acids is 1. The molecule has 1 saturated carbocycles. The van der Waals surface area contributed by atoms with Crippen molar-refractivity contribution < 1.29 is 24.2 Å². The second kappa shape index (κ2) is 9.39. The molecule has 0 heterocycles. The van der Waals surface area contributed by atoms with Crippen molar-refractivity contribution in [2.45, 2.75) is 64.0 Å². The van der Waals surface area contributed by atoms with Crippen molar-refractivity contribution in [1.29, 1.82) is 0 Å². The molecule has 0 bridgehead atoms. The molecule has 1 aromatic rings. The van der Waals surface area contributed by atoms with Crippen LogP contribution in [0.3, 0.4) is 0 Å². The fraction of sp³-hybridized carbons (Fsp3) is 0.550. The summed E-state index contributed by atoms with van der Waals surface area (Å²) in [6.45, 7) is 3.74. The van der Waals surface area contributed by atoms with Gasteiger partial charge < -0.3 is 20.5 Å². The Balaban J connectivity index is 2.17. The topological polar surface area (TPSA) is 105 Å². The Morgan fingerprint density at radius 1 is 1.22 bits per heavy atom. The molecule has 1 aliphatic carbocycles. The number of carbonyl (C=O) groups is 3. The molecule has 27 heavy (non-hydrogen) atoms. The third-order valence-electron chi connectivity index (χ3n) is 4.82. The molecule has 148 valence electrons. The zero-order chi connectivity index (χ0) is 19.9. The van der Waals surface area contributed by atoms with Crippen molar-refractivity contribution in [3.05, 3.63) is 29.8 Å². The Hall–Kier alpha value is -2.57. The molecule has 3 N–H and O–H groups in total. The van der Waals surface area contributed by atoms with Crippen molar-refractivity contribution in [3.8, 4) is 5.75 Å². The molecular formula is C20H28N2O5. The number of carbonyl (C=O) groups excluding carboxylic acids is 2. The molecule has 0 aliphatic heterocycles. The first-order chi connectivity index (χ1) is 12.8. The number of para-hydroxylation sites is 1. The Bertz CT molecular complexity index is 683. The van der Waals surface area contributed by atoms with Crippen LogP contribution >= 0.6 is 0 Å². The van der Waals surface area contributed by atoms with Crippen LogP contribution < -0.4 is 15.4 Å². The fourth-order valence-corrected chi connectivity index (χ4v) is 3.76. The minimum absolute atomic E-state index is 0.0189. The lowest BCUT2D eigenvalue weighted by atomic mass is 9.92.